The van der Waals surface area contributed by atoms with Gasteiger partial charge in [0, 0.05) is 11.8 Å². The van der Waals surface area contributed by atoms with Crippen molar-refractivity contribution in [2.45, 2.75) is 38.5 Å². The summed E-state index contributed by atoms with van der Waals surface area (Å²) in [5.41, 5.74) is 6.27. The fourth-order valence-electron chi connectivity index (χ4n) is 4.28. The molecule has 0 spiro atoms. The SMILES string of the molecule is CC(CC1c2ccccc2CCCc2ccccc21)C[NH+](C)C.[Cl-]. The minimum atomic E-state index is 0. The van der Waals surface area contributed by atoms with Crippen LogP contribution in [0.25, 0.3) is 0 Å². The molecule has 3 rings (SSSR count). The first-order chi connectivity index (χ1) is 11.1. The average Bonchev–Trinajstić information content (AvgIpc) is 2.51. The van der Waals surface area contributed by atoms with E-state index in [1.54, 1.807) is 27.2 Å². The van der Waals surface area contributed by atoms with Gasteiger partial charge in [0.1, 0.15) is 0 Å². The summed E-state index contributed by atoms with van der Waals surface area (Å²) < 4.78 is 0. The molecule has 1 nitrogen and oxygen atoms in total. The zero-order valence-corrected chi connectivity index (χ0v) is 15.9. The first kappa shape index (κ1) is 19.0. The Morgan fingerprint density at radius 1 is 0.917 bits per heavy atom. The summed E-state index contributed by atoms with van der Waals surface area (Å²) >= 11 is 0. The van der Waals surface area contributed by atoms with Gasteiger partial charge in [0.25, 0.3) is 0 Å². The van der Waals surface area contributed by atoms with Crippen molar-refractivity contribution in [1.82, 2.24) is 0 Å². The summed E-state index contributed by atoms with van der Waals surface area (Å²) in [6, 6.07) is 18.3. The quantitative estimate of drug-likeness (QED) is 0.824. The molecule has 2 heteroatoms. The molecule has 1 aliphatic carbocycles. The van der Waals surface area contributed by atoms with Gasteiger partial charge in [-0.3, -0.25) is 0 Å². The van der Waals surface area contributed by atoms with Crippen molar-refractivity contribution in [1.29, 1.82) is 0 Å². The molecule has 0 saturated heterocycles. The van der Waals surface area contributed by atoms with E-state index in [1.165, 1.54) is 32.2 Å². The molecule has 0 aromatic heterocycles. The highest BCUT2D eigenvalue weighted by Crippen LogP contribution is 2.37. The largest absolute Gasteiger partial charge is 1.00 e. The van der Waals surface area contributed by atoms with Crippen molar-refractivity contribution in [2.24, 2.45) is 5.92 Å². The third-order valence-corrected chi connectivity index (χ3v) is 5.15. The van der Waals surface area contributed by atoms with Crippen molar-refractivity contribution in [3.05, 3.63) is 70.8 Å². The number of aryl methyl sites for hydroxylation is 2. The smallest absolute Gasteiger partial charge is 0.0793 e. The molecular weight excluding hydrogens is 314 g/mol. The minimum absolute atomic E-state index is 0. The molecule has 0 radical (unpaired) electrons. The zero-order chi connectivity index (χ0) is 16.2. The van der Waals surface area contributed by atoms with Gasteiger partial charge in [-0.25, -0.2) is 0 Å². The maximum Gasteiger partial charge on any atom is 0.0793 e. The van der Waals surface area contributed by atoms with Gasteiger partial charge in [0.15, 0.2) is 0 Å². The van der Waals surface area contributed by atoms with Crippen molar-refractivity contribution in [2.75, 3.05) is 20.6 Å². The van der Waals surface area contributed by atoms with Gasteiger partial charge in [0.05, 0.1) is 20.6 Å². The fraction of sp³-hybridized carbons (Fsp3) is 0.455. The summed E-state index contributed by atoms with van der Waals surface area (Å²) in [4.78, 5) is 1.55. The molecule has 2 aromatic rings. The maximum absolute atomic E-state index is 2.41. The van der Waals surface area contributed by atoms with Crippen LogP contribution in [-0.2, 0) is 12.8 Å². The Morgan fingerprint density at radius 2 is 1.42 bits per heavy atom. The lowest BCUT2D eigenvalue weighted by Crippen LogP contribution is -3.06. The Balaban J connectivity index is 0.00000208. The number of benzene rings is 2. The van der Waals surface area contributed by atoms with Gasteiger partial charge in [-0.2, -0.15) is 0 Å². The van der Waals surface area contributed by atoms with Crippen molar-refractivity contribution < 1.29 is 17.3 Å². The molecule has 0 amide bonds. The maximum atomic E-state index is 2.41. The Kier molecular flexibility index (Phi) is 6.89. The molecule has 0 bridgehead atoms. The van der Waals surface area contributed by atoms with Gasteiger partial charge in [-0.1, -0.05) is 55.5 Å². The van der Waals surface area contributed by atoms with E-state index in [4.69, 9.17) is 0 Å². The zero-order valence-electron chi connectivity index (χ0n) is 15.2. The van der Waals surface area contributed by atoms with Crippen LogP contribution in [0.1, 0.15) is 47.9 Å². The van der Waals surface area contributed by atoms with Crippen LogP contribution < -0.4 is 17.3 Å². The average molecular weight is 344 g/mol. The number of halogens is 1. The molecule has 1 unspecified atom stereocenters. The summed E-state index contributed by atoms with van der Waals surface area (Å²) in [5, 5.41) is 0. The Labute approximate surface area is 153 Å². The van der Waals surface area contributed by atoms with E-state index in [-0.39, 0.29) is 12.4 Å². The Hall–Kier alpha value is -1.31. The Bertz CT molecular complexity index is 602. The number of hydrogen-bond donors (Lipinski definition) is 1. The molecule has 130 valence electrons. The topological polar surface area (TPSA) is 4.44 Å². The van der Waals surface area contributed by atoms with Crippen LogP contribution in [0.4, 0.5) is 0 Å². The second-order valence-corrected chi connectivity index (χ2v) is 7.56. The van der Waals surface area contributed by atoms with Crippen LogP contribution >= 0.6 is 0 Å². The summed E-state index contributed by atoms with van der Waals surface area (Å²) in [7, 11) is 4.52. The fourth-order valence-corrected chi connectivity index (χ4v) is 4.28. The molecule has 24 heavy (non-hydrogen) atoms. The van der Waals surface area contributed by atoms with E-state index in [0.717, 1.165) is 5.92 Å². The highest BCUT2D eigenvalue weighted by Gasteiger charge is 2.24. The molecule has 1 aliphatic rings. The number of nitrogens with one attached hydrogen (secondary N) is 1. The van der Waals surface area contributed by atoms with E-state index >= 15 is 0 Å². The van der Waals surface area contributed by atoms with Crippen LogP contribution in [-0.4, -0.2) is 20.6 Å². The van der Waals surface area contributed by atoms with Crippen LogP contribution in [0.5, 0.6) is 0 Å². The van der Waals surface area contributed by atoms with Crippen LogP contribution in [0, 0.1) is 5.92 Å². The number of quaternary nitrogens is 1. The van der Waals surface area contributed by atoms with Crippen LogP contribution in [0.15, 0.2) is 48.5 Å². The number of fused-ring (bicyclic) bond motifs is 2. The van der Waals surface area contributed by atoms with E-state index in [0.29, 0.717) is 5.92 Å². The predicted octanol–water partition coefficient (Wildman–Crippen LogP) is 0.482. The van der Waals surface area contributed by atoms with Crippen molar-refractivity contribution >= 4 is 0 Å². The normalized spacial score (nSPS) is 15.7. The second kappa shape index (κ2) is 8.69. The van der Waals surface area contributed by atoms with E-state index in [9.17, 15) is 0 Å². The van der Waals surface area contributed by atoms with Crippen molar-refractivity contribution in [3.8, 4) is 0 Å². The molecule has 0 fully saturated rings. The summed E-state index contributed by atoms with van der Waals surface area (Å²) in [6.07, 6.45) is 4.94. The van der Waals surface area contributed by atoms with Crippen molar-refractivity contribution in [3.63, 3.8) is 0 Å². The van der Waals surface area contributed by atoms with Crippen LogP contribution in [0.2, 0.25) is 0 Å². The molecule has 2 aromatic carbocycles. The van der Waals surface area contributed by atoms with E-state index in [2.05, 4.69) is 69.6 Å². The number of rotatable bonds is 4. The van der Waals surface area contributed by atoms with Gasteiger partial charge in [0.2, 0.25) is 0 Å². The molecule has 1 atom stereocenters. The van der Waals surface area contributed by atoms with E-state index < -0.39 is 0 Å². The van der Waals surface area contributed by atoms with Gasteiger partial charge in [-0.15, -0.1) is 0 Å². The van der Waals surface area contributed by atoms with Gasteiger partial charge >= 0.3 is 0 Å². The summed E-state index contributed by atoms with van der Waals surface area (Å²) in [5.74, 6) is 1.28. The standard InChI is InChI=1S/C22H29N.ClH/c1-17(16-23(2)3)15-22-20-13-6-4-9-18(20)11-8-12-19-10-5-7-14-21(19)22;/h4-7,9-10,13-14,17,22H,8,11-12,15-16H2,1-3H3;1H. The third-order valence-electron chi connectivity index (χ3n) is 5.15. The minimum Gasteiger partial charge on any atom is -1.00 e. The lowest BCUT2D eigenvalue weighted by atomic mass is 9.77. The summed E-state index contributed by atoms with van der Waals surface area (Å²) in [6.45, 7) is 3.65. The first-order valence-electron chi connectivity index (χ1n) is 9.09. The highest BCUT2D eigenvalue weighted by molar-refractivity contribution is 5.43. The van der Waals surface area contributed by atoms with Gasteiger partial charge in [-0.05, 0) is 47.9 Å². The molecule has 0 saturated carbocycles. The molecular formula is C22H30ClN. The van der Waals surface area contributed by atoms with Crippen LogP contribution in [0.3, 0.4) is 0 Å². The van der Waals surface area contributed by atoms with Gasteiger partial charge < -0.3 is 17.3 Å². The second-order valence-electron chi connectivity index (χ2n) is 7.56. The van der Waals surface area contributed by atoms with E-state index in [1.807, 2.05) is 0 Å². The monoisotopic (exact) mass is 343 g/mol. The first-order valence-corrected chi connectivity index (χ1v) is 9.09. The molecule has 0 aliphatic heterocycles. The molecule has 0 heterocycles. The third kappa shape index (κ3) is 4.40. The Morgan fingerprint density at radius 3 is 1.92 bits per heavy atom. The highest BCUT2D eigenvalue weighted by atomic mass is 35.5. The number of hydrogen-bond acceptors (Lipinski definition) is 0. The lowest BCUT2D eigenvalue weighted by Gasteiger charge is -2.28. The predicted molar refractivity (Wildman–Crippen MR) is 98.2 cm³/mol. The molecule has 1 N–H and O–H groups in total. The lowest BCUT2D eigenvalue weighted by molar-refractivity contribution is -0.861.